The fraction of sp³-hybridized carbons (Fsp3) is 0.100. The number of Topliss-reactive ketones (excluding diaryl/α,β-unsaturated/α-hetero) is 1. The van der Waals surface area contributed by atoms with Gasteiger partial charge in [0, 0.05) is 11.3 Å². The lowest BCUT2D eigenvalue weighted by molar-refractivity contribution is 0.101. The van der Waals surface area contributed by atoms with E-state index in [1.165, 1.54) is 6.92 Å². The monoisotopic (exact) mass is 362 g/mol. The molecule has 7 nitrogen and oxygen atoms in total. The molecule has 1 heterocycles. The predicted molar refractivity (Wildman–Crippen MR) is 103 cm³/mol. The zero-order valence-corrected chi connectivity index (χ0v) is 14.9. The molecule has 3 rings (SSSR count). The van der Waals surface area contributed by atoms with Crippen LogP contribution in [0.15, 0.2) is 60.7 Å². The van der Waals surface area contributed by atoms with Crippen LogP contribution >= 0.6 is 0 Å². The number of ketones is 1. The highest BCUT2D eigenvalue weighted by Crippen LogP contribution is 2.25. The summed E-state index contributed by atoms with van der Waals surface area (Å²) in [6.07, 6.45) is 0. The zero-order valence-electron chi connectivity index (χ0n) is 14.9. The van der Waals surface area contributed by atoms with Gasteiger partial charge in [-0.25, -0.2) is 0 Å². The zero-order chi connectivity index (χ0) is 19.2. The van der Waals surface area contributed by atoms with Crippen LogP contribution in [-0.2, 0) is 0 Å². The first-order valence-corrected chi connectivity index (χ1v) is 8.23. The molecule has 7 heteroatoms. The molecular formula is C20H18N4O3. The second-order valence-corrected chi connectivity index (χ2v) is 5.72. The van der Waals surface area contributed by atoms with Crippen LogP contribution in [0.4, 0.5) is 17.2 Å². The van der Waals surface area contributed by atoms with E-state index < -0.39 is 0 Å². The van der Waals surface area contributed by atoms with Crippen molar-refractivity contribution in [3.63, 3.8) is 0 Å². The molecule has 0 unspecified atom stereocenters. The van der Waals surface area contributed by atoms with E-state index in [0.29, 0.717) is 22.8 Å². The lowest BCUT2D eigenvalue weighted by Crippen LogP contribution is -2.14. The van der Waals surface area contributed by atoms with Crippen LogP contribution in [0, 0.1) is 0 Å². The van der Waals surface area contributed by atoms with Crippen LogP contribution in [0.5, 0.6) is 5.75 Å². The Morgan fingerprint density at radius 1 is 0.926 bits per heavy atom. The third-order valence-corrected chi connectivity index (χ3v) is 3.82. The smallest absolute Gasteiger partial charge is 0.276 e. The number of aromatic nitrogens is 2. The summed E-state index contributed by atoms with van der Waals surface area (Å²) in [7, 11) is 1.59. The Bertz CT molecular complexity index is 954. The van der Waals surface area contributed by atoms with E-state index in [1.54, 1.807) is 43.5 Å². The topological polar surface area (TPSA) is 93.2 Å². The summed E-state index contributed by atoms with van der Waals surface area (Å²) >= 11 is 0. The number of para-hydroxylation sites is 2. The molecule has 0 bridgehead atoms. The maximum Gasteiger partial charge on any atom is 0.276 e. The Labute approximate surface area is 156 Å². The summed E-state index contributed by atoms with van der Waals surface area (Å²) < 4.78 is 5.27. The summed E-state index contributed by atoms with van der Waals surface area (Å²) in [6, 6.07) is 17.3. The molecule has 0 aliphatic rings. The van der Waals surface area contributed by atoms with Gasteiger partial charge in [-0.3, -0.25) is 9.59 Å². The fourth-order valence-electron chi connectivity index (χ4n) is 2.39. The van der Waals surface area contributed by atoms with E-state index in [-0.39, 0.29) is 17.4 Å². The van der Waals surface area contributed by atoms with E-state index in [4.69, 9.17) is 4.74 Å². The number of carbonyl (C=O) groups excluding carboxylic acids is 2. The number of carbonyl (C=O) groups is 2. The first-order chi connectivity index (χ1) is 13.1. The van der Waals surface area contributed by atoms with Crippen molar-refractivity contribution in [3.05, 3.63) is 71.9 Å². The third kappa shape index (κ3) is 4.46. The molecule has 1 aromatic heterocycles. The summed E-state index contributed by atoms with van der Waals surface area (Å²) in [5, 5.41) is 13.8. The van der Waals surface area contributed by atoms with Crippen molar-refractivity contribution >= 4 is 28.9 Å². The Hall–Kier alpha value is -3.74. The van der Waals surface area contributed by atoms with Crippen LogP contribution in [0.25, 0.3) is 0 Å². The van der Waals surface area contributed by atoms with Gasteiger partial charge in [0.25, 0.3) is 5.91 Å². The number of methoxy groups -OCH3 is 1. The highest BCUT2D eigenvalue weighted by Gasteiger charge is 2.10. The molecule has 27 heavy (non-hydrogen) atoms. The Kier molecular flexibility index (Phi) is 5.41. The van der Waals surface area contributed by atoms with Gasteiger partial charge in [-0.1, -0.05) is 12.1 Å². The minimum atomic E-state index is -0.387. The quantitative estimate of drug-likeness (QED) is 0.650. The van der Waals surface area contributed by atoms with Crippen LogP contribution in [0.3, 0.4) is 0 Å². The van der Waals surface area contributed by atoms with Crippen molar-refractivity contribution in [3.8, 4) is 5.75 Å². The molecule has 3 aromatic rings. The second-order valence-electron chi connectivity index (χ2n) is 5.72. The third-order valence-electron chi connectivity index (χ3n) is 3.82. The van der Waals surface area contributed by atoms with E-state index in [2.05, 4.69) is 20.8 Å². The standard InChI is InChI=1S/C20H18N4O3/c1-13(25)14-7-9-15(10-8-14)21-20(26)17-11-12-19(24-23-17)22-16-5-3-4-6-18(16)27-2/h3-12H,1-2H3,(H,21,26)(H,22,24). The van der Waals surface area contributed by atoms with Gasteiger partial charge in [-0.05, 0) is 55.5 Å². The van der Waals surface area contributed by atoms with Crippen LogP contribution in [-0.4, -0.2) is 29.0 Å². The molecule has 136 valence electrons. The van der Waals surface area contributed by atoms with Gasteiger partial charge in [0.1, 0.15) is 5.75 Å². The first kappa shape index (κ1) is 18.1. The lowest BCUT2D eigenvalue weighted by Gasteiger charge is -2.10. The van der Waals surface area contributed by atoms with Gasteiger partial charge in [0.05, 0.1) is 12.8 Å². The van der Waals surface area contributed by atoms with Crippen LogP contribution in [0.1, 0.15) is 27.8 Å². The molecular weight excluding hydrogens is 344 g/mol. The number of hydrogen-bond donors (Lipinski definition) is 2. The predicted octanol–water partition coefficient (Wildman–Crippen LogP) is 3.68. The van der Waals surface area contributed by atoms with Crippen molar-refractivity contribution in [1.29, 1.82) is 0 Å². The summed E-state index contributed by atoms with van der Waals surface area (Å²) in [5.41, 5.74) is 2.08. The van der Waals surface area contributed by atoms with Crippen LogP contribution < -0.4 is 15.4 Å². The Balaban J connectivity index is 1.67. The summed E-state index contributed by atoms with van der Waals surface area (Å²) in [4.78, 5) is 23.6. The normalized spacial score (nSPS) is 10.1. The molecule has 0 saturated heterocycles. The molecule has 2 aromatic carbocycles. The number of anilines is 3. The van der Waals surface area contributed by atoms with Crippen molar-refractivity contribution in [2.45, 2.75) is 6.92 Å². The van der Waals surface area contributed by atoms with Crippen molar-refractivity contribution in [2.75, 3.05) is 17.7 Å². The highest BCUT2D eigenvalue weighted by atomic mass is 16.5. The molecule has 0 saturated carbocycles. The summed E-state index contributed by atoms with van der Waals surface area (Å²) in [5.74, 6) is 0.746. The van der Waals surface area contributed by atoms with Gasteiger partial charge in [0.2, 0.25) is 0 Å². The Morgan fingerprint density at radius 2 is 1.67 bits per heavy atom. The molecule has 2 N–H and O–H groups in total. The number of benzene rings is 2. The van der Waals surface area contributed by atoms with Gasteiger partial charge in [0.15, 0.2) is 17.3 Å². The van der Waals surface area contributed by atoms with Gasteiger partial charge >= 0.3 is 0 Å². The van der Waals surface area contributed by atoms with Gasteiger partial charge in [-0.2, -0.15) is 0 Å². The molecule has 0 aliphatic heterocycles. The minimum absolute atomic E-state index is 0.0307. The van der Waals surface area contributed by atoms with Crippen molar-refractivity contribution in [2.24, 2.45) is 0 Å². The number of amides is 1. The van der Waals surface area contributed by atoms with E-state index in [9.17, 15) is 9.59 Å². The lowest BCUT2D eigenvalue weighted by atomic mass is 10.1. The maximum atomic E-state index is 12.3. The number of ether oxygens (including phenoxy) is 1. The van der Waals surface area contributed by atoms with Crippen molar-refractivity contribution < 1.29 is 14.3 Å². The number of hydrogen-bond acceptors (Lipinski definition) is 6. The maximum absolute atomic E-state index is 12.3. The molecule has 0 atom stereocenters. The number of rotatable bonds is 6. The summed E-state index contributed by atoms with van der Waals surface area (Å²) in [6.45, 7) is 1.49. The van der Waals surface area contributed by atoms with Crippen LogP contribution in [0.2, 0.25) is 0 Å². The Morgan fingerprint density at radius 3 is 2.30 bits per heavy atom. The van der Waals surface area contributed by atoms with E-state index in [1.807, 2.05) is 24.3 Å². The largest absolute Gasteiger partial charge is 0.495 e. The minimum Gasteiger partial charge on any atom is -0.495 e. The molecule has 0 fully saturated rings. The molecule has 0 aliphatic carbocycles. The fourth-order valence-corrected chi connectivity index (χ4v) is 2.39. The SMILES string of the molecule is COc1ccccc1Nc1ccc(C(=O)Nc2ccc(C(C)=O)cc2)nn1. The number of nitrogens with one attached hydrogen (secondary N) is 2. The van der Waals surface area contributed by atoms with Gasteiger partial charge < -0.3 is 15.4 Å². The molecule has 0 radical (unpaired) electrons. The average molecular weight is 362 g/mol. The highest BCUT2D eigenvalue weighted by molar-refractivity contribution is 6.03. The van der Waals surface area contributed by atoms with E-state index in [0.717, 1.165) is 5.69 Å². The van der Waals surface area contributed by atoms with E-state index >= 15 is 0 Å². The average Bonchev–Trinajstić information content (AvgIpc) is 2.69. The second kappa shape index (κ2) is 8.09. The molecule has 1 amide bonds. The molecule has 0 spiro atoms. The van der Waals surface area contributed by atoms with Crippen molar-refractivity contribution in [1.82, 2.24) is 10.2 Å². The number of nitrogens with zero attached hydrogens (tertiary/aromatic N) is 2. The first-order valence-electron chi connectivity index (χ1n) is 8.23. The van der Waals surface area contributed by atoms with Gasteiger partial charge in [-0.15, -0.1) is 10.2 Å².